The van der Waals surface area contributed by atoms with Crippen LogP contribution in [0, 0.1) is 0 Å². The summed E-state index contributed by atoms with van der Waals surface area (Å²) in [7, 11) is 0. The number of nitrogens with zero attached hydrogens (tertiary/aromatic N) is 3. The summed E-state index contributed by atoms with van der Waals surface area (Å²) in [5.74, 6) is -0.280. The lowest BCUT2D eigenvalue weighted by molar-refractivity contribution is -0.114. The fourth-order valence-corrected chi connectivity index (χ4v) is 7.73. The average Bonchev–Trinajstić information content (AvgIpc) is 3.65. The van der Waals surface area contributed by atoms with E-state index in [0.29, 0.717) is 14.8 Å². The molecule has 1 aromatic heterocycles. The van der Waals surface area contributed by atoms with Crippen LogP contribution in [0.2, 0.25) is 0 Å². The molecule has 176 valence electrons. The van der Waals surface area contributed by atoms with Crippen LogP contribution in [-0.4, -0.2) is 21.1 Å². The molecule has 1 saturated heterocycles. The van der Waals surface area contributed by atoms with Crippen LogP contribution in [0.1, 0.15) is 15.2 Å². The molecule has 8 heteroatoms. The minimum absolute atomic E-state index is 0.136. The van der Waals surface area contributed by atoms with Gasteiger partial charge in [0.15, 0.2) is 5.04 Å². The van der Waals surface area contributed by atoms with Gasteiger partial charge in [0.2, 0.25) is 10.1 Å². The molecule has 1 spiro atoms. The summed E-state index contributed by atoms with van der Waals surface area (Å²) in [6.45, 7) is 0. The molecule has 2 aliphatic rings. The zero-order valence-corrected chi connectivity index (χ0v) is 21.3. The Morgan fingerprint density at radius 2 is 1.42 bits per heavy atom. The number of ketones is 1. The molecule has 36 heavy (non-hydrogen) atoms. The van der Waals surface area contributed by atoms with Crippen molar-refractivity contribution in [3.63, 3.8) is 0 Å². The first-order valence-electron chi connectivity index (χ1n) is 11.2. The van der Waals surface area contributed by atoms with Crippen molar-refractivity contribution in [1.82, 2.24) is 0 Å². The fourth-order valence-electron chi connectivity index (χ4n) is 4.06. The average molecular weight is 526 g/mol. The number of carbonyl (C=O) groups excluding carboxylic acids is 2. The zero-order valence-electron chi connectivity index (χ0n) is 18.9. The van der Waals surface area contributed by atoms with Gasteiger partial charge in [-0.3, -0.25) is 14.5 Å². The zero-order chi connectivity index (χ0) is 24.5. The maximum atomic E-state index is 14.0. The third-order valence-electron chi connectivity index (χ3n) is 5.68. The Morgan fingerprint density at radius 1 is 0.778 bits per heavy atom. The molecule has 3 aromatic carbocycles. The molecule has 5 nitrogen and oxygen atoms in total. The topological polar surface area (TPSA) is 53.0 Å². The van der Waals surface area contributed by atoms with E-state index in [1.807, 2.05) is 109 Å². The number of hydrogen-bond acceptors (Lipinski definition) is 7. The highest BCUT2D eigenvalue weighted by Crippen LogP contribution is 2.59. The van der Waals surface area contributed by atoms with Gasteiger partial charge in [0.25, 0.3) is 5.91 Å². The van der Waals surface area contributed by atoms with Gasteiger partial charge in [0.05, 0.1) is 15.5 Å². The van der Waals surface area contributed by atoms with Gasteiger partial charge in [-0.05, 0) is 59.1 Å². The Balaban J connectivity index is 1.52. The summed E-state index contributed by atoms with van der Waals surface area (Å²) < 4.78 is -1.04. The molecule has 0 saturated carbocycles. The van der Waals surface area contributed by atoms with Crippen LogP contribution in [0.4, 0.5) is 11.4 Å². The summed E-state index contributed by atoms with van der Waals surface area (Å²) >= 11 is 4.11. The van der Waals surface area contributed by atoms with Crippen molar-refractivity contribution in [3.8, 4) is 0 Å². The van der Waals surface area contributed by atoms with Crippen molar-refractivity contribution >= 4 is 69.0 Å². The molecule has 0 bridgehead atoms. The lowest BCUT2D eigenvalue weighted by atomic mass is 10.2. The summed E-state index contributed by atoms with van der Waals surface area (Å²) in [6.07, 6.45) is 1.90. The number of carbonyl (C=O) groups is 2. The largest absolute Gasteiger partial charge is 0.285 e. The van der Waals surface area contributed by atoms with Crippen LogP contribution in [0.5, 0.6) is 0 Å². The monoisotopic (exact) mass is 525 g/mol. The van der Waals surface area contributed by atoms with E-state index in [0.717, 1.165) is 16.9 Å². The number of thioether (sulfide) groups is 2. The van der Waals surface area contributed by atoms with Gasteiger partial charge >= 0.3 is 0 Å². The minimum atomic E-state index is -1.04. The van der Waals surface area contributed by atoms with Gasteiger partial charge < -0.3 is 0 Å². The molecule has 4 aromatic rings. The van der Waals surface area contributed by atoms with E-state index in [4.69, 9.17) is 5.10 Å². The highest BCUT2D eigenvalue weighted by Gasteiger charge is 2.60. The summed E-state index contributed by atoms with van der Waals surface area (Å²) in [5, 5.41) is 8.86. The van der Waals surface area contributed by atoms with Crippen LogP contribution >= 0.6 is 34.9 Å². The molecule has 6 rings (SSSR count). The third kappa shape index (κ3) is 3.97. The molecule has 1 fully saturated rings. The quantitative estimate of drug-likeness (QED) is 0.209. The Bertz CT molecular complexity index is 1470. The van der Waals surface area contributed by atoms with E-state index in [1.54, 1.807) is 16.0 Å². The second-order valence-electron chi connectivity index (χ2n) is 8.01. The normalized spacial score (nSPS) is 20.4. The molecule has 0 N–H and O–H groups in total. The van der Waals surface area contributed by atoms with Gasteiger partial charge in [0.1, 0.15) is 0 Å². The van der Waals surface area contributed by atoms with Crippen LogP contribution in [0.3, 0.4) is 0 Å². The second kappa shape index (κ2) is 9.46. The van der Waals surface area contributed by atoms with Crippen molar-refractivity contribution in [2.75, 3.05) is 9.91 Å². The number of Topliss-reactive ketones (excluding diaryl/α,β-unsaturated/α-hetero) is 1. The first kappa shape index (κ1) is 22.8. The van der Waals surface area contributed by atoms with Gasteiger partial charge in [-0.25, -0.2) is 5.01 Å². The first-order chi connectivity index (χ1) is 17.7. The number of benzene rings is 3. The standard InChI is InChI=1S/C28H19N3O2S3/c32-25(23-17-10-18-34-23)26-29-31(22-15-8-3-9-16-22)28(36-26)30(21-13-6-2-7-14-21)27(33)24(35-28)19-20-11-4-1-5-12-20/h1-19H/b24-19+. The lowest BCUT2D eigenvalue weighted by Crippen LogP contribution is -2.51. The van der Waals surface area contributed by atoms with Crippen molar-refractivity contribution in [3.05, 3.63) is 124 Å². The molecule has 0 radical (unpaired) electrons. The number of rotatable bonds is 5. The highest BCUT2D eigenvalue weighted by molar-refractivity contribution is 8.29. The maximum Gasteiger partial charge on any atom is 0.268 e. The fraction of sp³-hybridized carbons (Fsp3) is 0.0357. The van der Waals surface area contributed by atoms with Crippen LogP contribution in [-0.2, 0) is 4.79 Å². The van der Waals surface area contributed by atoms with Gasteiger partial charge in [-0.1, -0.05) is 84.6 Å². The predicted octanol–water partition coefficient (Wildman–Crippen LogP) is 6.93. The Morgan fingerprint density at radius 3 is 2.06 bits per heavy atom. The lowest BCUT2D eigenvalue weighted by Gasteiger charge is -2.38. The molecule has 3 heterocycles. The van der Waals surface area contributed by atoms with Crippen molar-refractivity contribution in [2.24, 2.45) is 5.10 Å². The van der Waals surface area contributed by atoms with Crippen LogP contribution in [0.15, 0.2) is 119 Å². The minimum Gasteiger partial charge on any atom is -0.285 e. The SMILES string of the molecule is O=C(C1=NN(c2ccccc2)C2(S1)S/C(=C/c1ccccc1)C(=O)N2c1ccccc1)c1cccs1. The van der Waals surface area contributed by atoms with Crippen LogP contribution < -0.4 is 9.91 Å². The summed E-state index contributed by atoms with van der Waals surface area (Å²) in [4.78, 5) is 30.4. The summed E-state index contributed by atoms with van der Waals surface area (Å²) in [5.41, 5.74) is 2.46. The van der Waals surface area contributed by atoms with Crippen molar-refractivity contribution in [2.45, 2.75) is 4.33 Å². The molecule has 2 aliphatic heterocycles. The van der Waals surface area contributed by atoms with Crippen molar-refractivity contribution in [1.29, 1.82) is 0 Å². The number of hydrazone groups is 1. The van der Waals surface area contributed by atoms with Gasteiger partial charge in [-0.15, -0.1) is 11.3 Å². The number of thiophene rings is 1. The van der Waals surface area contributed by atoms with E-state index >= 15 is 0 Å². The van der Waals surface area contributed by atoms with E-state index < -0.39 is 4.33 Å². The summed E-state index contributed by atoms with van der Waals surface area (Å²) in [6, 6.07) is 32.7. The maximum absolute atomic E-state index is 14.0. The first-order valence-corrected chi connectivity index (χ1v) is 13.7. The molecule has 0 aliphatic carbocycles. The van der Waals surface area contributed by atoms with E-state index in [-0.39, 0.29) is 11.7 Å². The van der Waals surface area contributed by atoms with Gasteiger partial charge in [0, 0.05) is 5.69 Å². The van der Waals surface area contributed by atoms with Crippen LogP contribution in [0.25, 0.3) is 6.08 Å². The number of hydrogen-bond donors (Lipinski definition) is 0. The van der Waals surface area contributed by atoms with Crippen molar-refractivity contribution < 1.29 is 9.59 Å². The van der Waals surface area contributed by atoms with Gasteiger partial charge in [-0.2, -0.15) is 5.10 Å². The molecular formula is C28H19N3O2S3. The van der Waals surface area contributed by atoms with E-state index in [2.05, 4.69) is 0 Å². The van der Waals surface area contributed by atoms with E-state index in [1.165, 1.54) is 34.9 Å². The molecule has 1 amide bonds. The Labute approximate surface area is 221 Å². The Hall–Kier alpha value is -3.59. The molecular weight excluding hydrogens is 507 g/mol. The highest BCUT2D eigenvalue weighted by atomic mass is 32.2. The molecule has 1 unspecified atom stereocenters. The number of amides is 1. The predicted molar refractivity (Wildman–Crippen MR) is 151 cm³/mol. The number of anilines is 2. The third-order valence-corrected chi connectivity index (χ3v) is 9.26. The Kier molecular flexibility index (Phi) is 6.00. The smallest absolute Gasteiger partial charge is 0.268 e. The molecule has 1 atom stereocenters. The second-order valence-corrected chi connectivity index (χ2v) is 11.6. The van der Waals surface area contributed by atoms with E-state index in [9.17, 15) is 9.59 Å². The number of para-hydroxylation sites is 2.